The van der Waals surface area contributed by atoms with Gasteiger partial charge in [0, 0.05) is 23.0 Å². The smallest absolute Gasteiger partial charge is 0.261 e. The number of nitrogens with zero attached hydrogens (tertiary/aromatic N) is 4. The fraction of sp³-hybridized carbons (Fsp3) is 0.478. The zero-order valence-corrected chi connectivity index (χ0v) is 17.8. The molecule has 3 aliphatic rings. The van der Waals surface area contributed by atoms with Crippen molar-refractivity contribution in [1.29, 1.82) is 0 Å². The Balaban J connectivity index is 1.30. The summed E-state index contributed by atoms with van der Waals surface area (Å²) < 4.78 is 13.6. The lowest BCUT2D eigenvalue weighted by molar-refractivity contribution is -0.462. The highest BCUT2D eigenvalue weighted by atomic mass is 16.5. The van der Waals surface area contributed by atoms with Crippen molar-refractivity contribution in [1.82, 2.24) is 10.3 Å². The number of fused-ring (bicyclic) bond motifs is 3. The molecule has 1 aliphatic carbocycles. The van der Waals surface area contributed by atoms with E-state index >= 15 is 0 Å². The van der Waals surface area contributed by atoms with E-state index < -0.39 is 0 Å². The molecule has 0 bridgehead atoms. The van der Waals surface area contributed by atoms with Gasteiger partial charge in [-0.25, -0.2) is 0 Å². The fourth-order valence-corrected chi connectivity index (χ4v) is 4.55. The molecule has 1 N–H and O–H groups in total. The average Bonchev–Trinajstić information content (AvgIpc) is 3.21. The van der Waals surface area contributed by atoms with Crippen LogP contribution in [0.5, 0.6) is 5.75 Å². The van der Waals surface area contributed by atoms with Crippen LogP contribution in [0.4, 0.5) is 0 Å². The number of hydrogen-bond donors (Lipinski definition) is 1. The van der Waals surface area contributed by atoms with Crippen LogP contribution < -0.4 is 10.1 Å². The Labute approximate surface area is 176 Å². The molecule has 0 radical (unpaired) electrons. The van der Waals surface area contributed by atoms with Crippen LogP contribution in [0.25, 0.3) is 10.9 Å². The van der Waals surface area contributed by atoms with Crippen LogP contribution in [0.15, 0.2) is 46.6 Å². The van der Waals surface area contributed by atoms with Gasteiger partial charge in [-0.3, -0.25) is 4.98 Å². The van der Waals surface area contributed by atoms with Gasteiger partial charge in [-0.2, -0.15) is 0 Å². The first-order valence-corrected chi connectivity index (χ1v) is 10.6. The molecule has 2 aliphatic heterocycles. The zero-order chi connectivity index (χ0) is 20.7. The molecule has 156 valence electrons. The van der Waals surface area contributed by atoms with E-state index in [4.69, 9.17) is 9.47 Å². The predicted octanol–water partition coefficient (Wildman–Crippen LogP) is 3.77. The first-order valence-electron chi connectivity index (χ1n) is 10.6. The lowest BCUT2D eigenvalue weighted by Crippen LogP contribution is -2.52. The highest BCUT2D eigenvalue weighted by Gasteiger charge is 2.39. The molecule has 30 heavy (non-hydrogen) atoms. The molecule has 1 aromatic heterocycles. The molecule has 5 rings (SSSR count). The summed E-state index contributed by atoms with van der Waals surface area (Å²) in [7, 11) is 2.02. The van der Waals surface area contributed by atoms with Crippen LogP contribution in [0.3, 0.4) is 0 Å². The molecule has 3 heterocycles. The summed E-state index contributed by atoms with van der Waals surface area (Å²) in [5.74, 6) is 1.34. The Bertz CT molecular complexity index is 1070. The molecule has 0 saturated heterocycles. The monoisotopic (exact) mass is 406 g/mol. The number of rotatable bonds is 5. The molecule has 0 spiro atoms. The molecule has 1 fully saturated rings. The van der Waals surface area contributed by atoms with E-state index in [1.807, 2.05) is 43.2 Å². The highest BCUT2D eigenvalue weighted by Crippen LogP contribution is 2.36. The summed E-state index contributed by atoms with van der Waals surface area (Å²) in [6.07, 6.45) is 8.99. The second-order valence-corrected chi connectivity index (χ2v) is 8.76. The Hall–Kier alpha value is -2.64. The standard InChI is InChI=1S/C23H28N5O2/c1-15(22-13-28(27-26-22)12-16-9-23(2,10-16)24-3)30-18-4-5-21-20(8-18)19-6-7-29-14-17(19)11-25-21/h4-5,8,11-13,15-16,24H,6-7,9-10,14H2,1-3H3/q+1/b28-12+/t15-,16?,23?/m1/s1. The normalized spacial score (nSPS) is 27.6. The third-order valence-corrected chi connectivity index (χ3v) is 6.44. The maximum absolute atomic E-state index is 6.21. The summed E-state index contributed by atoms with van der Waals surface area (Å²) in [4.78, 5) is 4.56. The van der Waals surface area contributed by atoms with E-state index in [9.17, 15) is 0 Å². The largest absolute Gasteiger partial charge is 0.482 e. The van der Waals surface area contributed by atoms with Crippen molar-refractivity contribution in [2.24, 2.45) is 16.3 Å². The summed E-state index contributed by atoms with van der Waals surface area (Å²) >= 11 is 0. The van der Waals surface area contributed by atoms with Gasteiger partial charge in [0.05, 0.1) is 23.8 Å². The third kappa shape index (κ3) is 3.63. The van der Waals surface area contributed by atoms with Crippen molar-refractivity contribution in [2.45, 2.75) is 51.4 Å². The van der Waals surface area contributed by atoms with Gasteiger partial charge in [0.15, 0.2) is 12.3 Å². The van der Waals surface area contributed by atoms with Crippen molar-refractivity contribution < 1.29 is 14.2 Å². The van der Waals surface area contributed by atoms with Crippen LogP contribution in [-0.4, -0.2) is 41.2 Å². The minimum absolute atomic E-state index is 0.190. The first kappa shape index (κ1) is 19.3. The molecule has 7 nitrogen and oxygen atoms in total. The van der Waals surface area contributed by atoms with Gasteiger partial charge in [-0.15, -0.1) is 4.68 Å². The molecular formula is C23H28N5O2+. The summed E-state index contributed by atoms with van der Waals surface area (Å²) in [6, 6.07) is 6.08. The van der Waals surface area contributed by atoms with Crippen LogP contribution in [-0.2, 0) is 17.8 Å². The van der Waals surface area contributed by atoms with Crippen LogP contribution >= 0.6 is 0 Å². The Morgan fingerprint density at radius 3 is 3.07 bits per heavy atom. The highest BCUT2D eigenvalue weighted by molar-refractivity contribution is 5.84. The van der Waals surface area contributed by atoms with Gasteiger partial charge in [0.2, 0.25) is 0 Å². The lowest BCUT2D eigenvalue weighted by Gasteiger charge is -2.42. The summed E-state index contributed by atoms with van der Waals surface area (Å²) in [5.41, 5.74) is 4.55. The zero-order valence-electron chi connectivity index (χ0n) is 17.8. The van der Waals surface area contributed by atoms with Crippen molar-refractivity contribution in [3.63, 3.8) is 0 Å². The van der Waals surface area contributed by atoms with E-state index in [2.05, 4.69) is 39.8 Å². The minimum Gasteiger partial charge on any atom is -0.482 e. The van der Waals surface area contributed by atoms with Crippen molar-refractivity contribution in [3.8, 4) is 5.75 Å². The van der Waals surface area contributed by atoms with E-state index in [1.165, 1.54) is 11.1 Å². The maximum Gasteiger partial charge on any atom is 0.261 e. The fourth-order valence-electron chi connectivity index (χ4n) is 4.55. The number of hydrogen-bond acceptors (Lipinski definition) is 6. The molecule has 1 atom stereocenters. The summed E-state index contributed by atoms with van der Waals surface area (Å²) in [5, 5.41) is 13.1. The number of nitrogens with one attached hydrogen (secondary N) is 1. The molecule has 1 aromatic carbocycles. The van der Waals surface area contributed by atoms with E-state index in [1.54, 1.807) is 0 Å². The second kappa shape index (κ2) is 7.56. The molecule has 0 amide bonds. The molecular weight excluding hydrogens is 378 g/mol. The van der Waals surface area contributed by atoms with Gasteiger partial charge in [0.25, 0.3) is 5.70 Å². The Kier molecular flexibility index (Phi) is 4.87. The number of pyridine rings is 1. The Morgan fingerprint density at radius 2 is 2.23 bits per heavy atom. The van der Waals surface area contributed by atoms with Crippen LogP contribution in [0, 0.1) is 5.92 Å². The number of ether oxygens (including phenoxy) is 2. The van der Waals surface area contributed by atoms with Gasteiger partial charge in [-0.1, -0.05) is 0 Å². The van der Waals surface area contributed by atoms with Crippen LogP contribution in [0.2, 0.25) is 0 Å². The van der Waals surface area contributed by atoms with Crippen LogP contribution in [0.1, 0.15) is 37.8 Å². The van der Waals surface area contributed by atoms with Gasteiger partial charge in [-0.05, 0) is 69.5 Å². The predicted molar refractivity (Wildman–Crippen MR) is 115 cm³/mol. The molecule has 2 aromatic rings. The SMILES string of the molecule is CNC1(C)CC(/C=[N+]2\C=C([C@@H](C)Oc3ccc4ncc5c(c4c3)CCOC5)N=N2)C1. The molecule has 1 saturated carbocycles. The average molecular weight is 407 g/mol. The summed E-state index contributed by atoms with van der Waals surface area (Å²) in [6.45, 7) is 5.64. The van der Waals surface area contributed by atoms with Crippen molar-refractivity contribution in [3.05, 3.63) is 47.4 Å². The van der Waals surface area contributed by atoms with Crippen molar-refractivity contribution >= 4 is 17.1 Å². The van der Waals surface area contributed by atoms with Gasteiger partial charge in [0.1, 0.15) is 17.2 Å². The third-order valence-electron chi connectivity index (χ3n) is 6.44. The quantitative estimate of drug-likeness (QED) is 0.768. The molecule has 0 unspecified atom stereocenters. The first-order chi connectivity index (χ1) is 14.5. The molecule has 7 heteroatoms. The minimum atomic E-state index is -0.190. The van der Waals surface area contributed by atoms with Gasteiger partial charge >= 0.3 is 0 Å². The topological polar surface area (TPSA) is 71.1 Å². The second-order valence-electron chi connectivity index (χ2n) is 8.76. The van der Waals surface area contributed by atoms with Crippen molar-refractivity contribution in [2.75, 3.05) is 13.7 Å². The number of benzene rings is 1. The van der Waals surface area contributed by atoms with E-state index in [-0.39, 0.29) is 11.6 Å². The number of aromatic nitrogens is 1. The Morgan fingerprint density at radius 1 is 1.37 bits per heavy atom. The van der Waals surface area contributed by atoms with E-state index in [0.29, 0.717) is 12.5 Å². The maximum atomic E-state index is 6.21. The van der Waals surface area contributed by atoms with Gasteiger partial charge < -0.3 is 14.8 Å². The van der Waals surface area contributed by atoms with E-state index in [0.717, 1.165) is 48.2 Å². The lowest BCUT2D eigenvalue weighted by atomic mass is 9.70.